The van der Waals surface area contributed by atoms with Gasteiger partial charge in [-0.15, -0.1) is 0 Å². The van der Waals surface area contributed by atoms with Crippen LogP contribution in [0.25, 0.3) is 0 Å². The molecule has 1 amide bonds. The fraction of sp³-hybridized carbons (Fsp3) is 0.250. The monoisotopic (exact) mass is 366 g/mol. The number of nitrogens with one attached hydrogen (secondary N) is 1. The van der Waals surface area contributed by atoms with Gasteiger partial charge in [-0.2, -0.15) is 0 Å². The molecule has 1 aromatic carbocycles. The lowest BCUT2D eigenvalue weighted by atomic mass is 10.1. The van der Waals surface area contributed by atoms with Crippen LogP contribution in [0.3, 0.4) is 0 Å². The Morgan fingerprint density at radius 3 is 2.76 bits per heavy atom. The van der Waals surface area contributed by atoms with Crippen molar-refractivity contribution in [1.29, 1.82) is 0 Å². The summed E-state index contributed by atoms with van der Waals surface area (Å²) in [6.07, 6.45) is 0. The number of benzene rings is 1. The van der Waals surface area contributed by atoms with Crippen LogP contribution in [0.4, 0.5) is 0 Å². The molecule has 0 saturated heterocycles. The Balaban J connectivity index is 2.10. The maximum absolute atomic E-state index is 12.2. The Hall–Kier alpha value is -1.39. The van der Waals surface area contributed by atoms with E-state index in [2.05, 4.69) is 26.2 Å². The van der Waals surface area contributed by atoms with Crippen molar-refractivity contribution in [3.05, 3.63) is 62.8 Å². The minimum atomic E-state index is -0.152. The number of nitrogens with zero attached hydrogens (tertiary/aromatic N) is 1. The molecule has 0 fully saturated rings. The fourth-order valence-electron chi connectivity index (χ4n) is 1.88. The molecule has 2 aromatic rings. The van der Waals surface area contributed by atoms with E-state index in [9.17, 15) is 4.79 Å². The van der Waals surface area contributed by atoms with Crippen molar-refractivity contribution < 1.29 is 4.79 Å². The Morgan fingerprint density at radius 2 is 2.10 bits per heavy atom. The first-order valence-corrected chi connectivity index (χ1v) is 7.83. The molecule has 0 radical (unpaired) electrons. The zero-order chi connectivity index (χ0) is 15.4. The first-order valence-electron chi connectivity index (χ1n) is 6.66. The number of hydrogen-bond donors (Lipinski definition) is 1. The average molecular weight is 368 g/mol. The van der Waals surface area contributed by atoms with Crippen molar-refractivity contribution in [3.8, 4) is 0 Å². The molecule has 0 aliphatic carbocycles. The molecular formula is C16H16BrClN2O. The van der Waals surface area contributed by atoms with Gasteiger partial charge in [0.1, 0.15) is 5.15 Å². The topological polar surface area (TPSA) is 42.0 Å². The summed E-state index contributed by atoms with van der Waals surface area (Å²) in [6.45, 7) is 4.50. The smallest absolute Gasteiger partial charge is 0.251 e. The number of carbonyl (C=O) groups is 1. The van der Waals surface area contributed by atoms with E-state index in [4.69, 9.17) is 11.6 Å². The summed E-state index contributed by atoms with van der Waals surface area (Å²) in [7, 11) is 0. The van der Waals surface area contributed by atoms with Crippen molar-refractivity contribution in [2.75, 3.05) is 0 Å². The van der Waals surface area contributed by atoms with Gasteiger partial charge >= 0.3 is 0 Å². The number of amides is 1. The maximum atomic E-state index is 12.2. The Labute approximate surface area is 137 Å². The van der Waals surface area contributed by atoms with Crippen LogP contribution in [0.5, 0.6) is 0 Å². The van der Waals surface area contributed by atoms with Gasteiger partial charge in [0.2, 0.25) is 0 Å². The molecule has 0 atom stereocenters. The van der Waals surface area contributed by atoms with Gasteiger partial charge < -0.3 is 5.32 Å². The van der Waals surface area contributed by atoms with Gasteiger partial charge in [0.25, 0.3) is 5.91 Å². The second kappa shape index (κ2) is 7.05. The van der Waals surface area contributed by atoms with Crippen molar-refractivity contribution in [2.45, 2.75) is 26.3 Å². The highest BCUT2D eigenvalue weighted by Crippen LogP contribution is 2.18. The normalized spacial score (nSPS) is 10.7. The van der Waals surface area contributed by atoms with Crippen molar-refractivity contribution in [2.24, 2.45) is 0 Å². The second-order valence-electron chi connectivity index (χ2n) is 5.07. The number of rotatable bonds is 4. The van der Waals surface area contributed by atoms with E-state index in [1.165, 1.54) is 0 Å². The van der Waals surface area contributed by atoms with E-state index >= 15 is 0 Å². The van der Waals surface area contributed by atoms with E-state index < -0.39 is 0 Å². The van der Waals surface area contributed by atoms with E-state index in [0.29, 0.717) is 17.3 Å². The van der Waals surface area contributed by atoms with E-state index in [1.54, 1.807) is 12.1 Å². The van der Waals surface area contributed by atoms with Crippen LogP contribution in [0.15, 0.2) is 40.9 Å². The highest BCUT2D eigenvalue weighted by atomic mass is 79.9. The van der Waals surface area contributed by atoms with E-state index in [1.807, 2.05) is 38.1 Å². The highest BCUT2D eigenvalue weighted by Gasteiger charge is 2.11. The lowest BCUT2D eigenvalue weighted by molar-refractivity contribution is 0.0950. The predicted molar refractivity (Wildman–Crippen MR) is 88.6 cm³/mol. The molecule has 3 nitrogen and oxygen atoms in total. The van der Waals surface area contributed by atoms with Crippen LogP contribution in [-0.2, 0) is 6.54 Å². The third-order valence-corrected chi connectivity index (χ3v) is 3.70. The summed E-state index contributed by atoms with van der Waals surface area (Å²) in [5.41, 5.74) is 2.38. The van der Waals surface area contributed by atoms with Gasteiger partial charge in [-0.3, -0.25) is 4.79 Å². The Bertz CT molecular complexity index is 658. The molecular weight excluding hydrogens is 352 g/mol. The van der Waals surface area contributed by atoms with Gasteiger partial charge in [0, 0.05) is 22.3 Å². The standard InChI is InChI=1S/C16H16BrClN2O/c1-10(2)14-7-12(8-15(18)20-14)16(21)19-9-11-4-3-5-13(17)6-11/h3-8,10H,9H2,1-2H3,(H,19,21). The molecule has 5 heteroatoms. The lowest BCUT2D eigenvalue weighted by Crippen LogP contribution is -2.23. The van der Waals surface area contributed by atoms with Crippen LogP contribution in [0.2, 0.25) is 5.15 Å². The van der Waals surface area contributed by atoms with Crippen LogP contribution in [-0.4, -0.2) is 10.9 Å². The Morgan fingerprint density at radius 1 is 1.33 bits per heavy atom. The zero-order valence-corrected chi connectivity index (χ0v) is 14.2. The van der Waals surface area contributed by atoms with Crippen LogP contribution in [0.1, 0.15) is 41.4 Å². The van der Waals surface area contributed by atoms with Gasteiger partial charge in [-0.25, -0.2) is 4.98 Å². The largest absolute Gasteiger partial charge is 0.348 e. The van der Waals surface area contributed by atoms with Crippen molar-refractivity contribution in [3.63, 3.8) is 0 Å². The van der Waals surface area contributed by atoms with Gasteiger partial charge in [-0.05, 0) is 35.7 Å². The zero-order valence-electron chi connectivity index (χ0n) is 11.9. The molecule has 0 bridgehead atoms. The first-order chi connectivity index (χ1) is 9.95. The minimum absolute atomic E-state index is 0.152. The summed E-state index contributed by atoms with van der Waals surface area (Å²) in [5, 5.41) is 3.23. The summed E-state index contributed by atoms with van der Waals surface area (Å²) < 4.78 is 0.989. The fourth-order valence-corrected chi connectivity index (χ4v) is 2.54. The van der Waals surface area contributed by atoms with Crippen LogP contribution < -0.4 is 5.32 Å². The third-order valence-electron chi connectivity index (χ3n) is 3.01. The van der Waals surface area contributed by atoms with E-state index in [-0.39, 0.29) is 11.8 Å². The molecule has 1 aromatic heterocycles. The molecule has 0 aliphatic heterocycles. The lowest BCUT2D eigenvalue weighted by Gasteiger charge is -2.09. The molecule has 21 heavy (non-hydrogen) atoms. The molecule has 110 valence electrons. The summed E-state index contributed by atoms with van der Waals surface area (Å²) in [5.74, 6) is 0.0708. The molecule has 0 saturated carbocycles. The van der Waals surface area contributed by atoms with Gasteiger partial charge in [-0.1, -0.05) is 53.5 Å². The van der Waals surface area contributed by atoms with Crippen molar-refractivity contribution in [1.82, 2.24) is 10.3 Å². The first kappa shape index (κ1) is 16.0. The van der Waals surface area contributed by atoms with Gasteiger partial charge in [0.05, 0.1) is 0 Å². The number of halogens is 2. The molecule has 1 heterocycles. The quantitative estimate of drug-likeness (QED) is 0.805. The number of aromatic nitrogens is 1. The highest BCUT2D eigenvalue weighted by molar-refractivity contribution is 9.10. The summed E-state index contributed by atoms with van der Waals surface area (Å²) in [6, 6.07) is 11.2. The minimum Gasteiger partial charge on any atom is -0.348 e. The van der Waals surface area contributed by atoms with E-state index in [0.717, 1.165) is 15.7 Å². The van der Waals surface area contributed by atoms with Crippen LogP contribution in [0, 0.1) is 0 Å². The molecule has 2 rings (SSSR count). The summed E-state index contributed by atoms with van der Waals surface area (Å²) >= 11 is 9.39. The number of carbonyl (C=O) groups excluding carboxylic acids is 1. The Kier molecular flexibility index (Phi) is 5.37. The molecule has 1 N–H and O–H groups in total. The predicted octanol–water partition coefficient (Wildman–Crippen LogP) is 4.55. The number of pyridine rings is 1. The average Bonchev–Trinajstić information content (AvgIpc) is 2.44. The van der Waals surface area contributed by atoms with Crippen LogP contribution >= 0.6 is 27.5 Å². The van der Waals surface area contributed by atoms with Gasteiger partial charge in [0.15, 0.2) is 0 Å². The number of hydrogen-bond acceptors (Lipinski definition) is 2. The summed E-state index contributed by atoms with van der Waals surface area (Å²) in [4.78, 5) is 16.4. The van der Waals surface area contributed by atoms with Crippen molar-refractivity contribution >= 4 is 33.4 Å². The second-order valence-corrected chi connectivity index (χ2v) is 6.37. The third kappa shape index (κ3) is 4.55. The molecule has 0 aliphatic rings. The molecule has 0 unspecified atom stereocenters. The maximum Gasteiger partial charge on any atom is 0.251 e. The SMILES string of the molecule is CC(C)c1cc(C(=O)NCc2cccc(Br)c2)cc(Cl)n1. The molecule has 0 spiro atoms.